The number of hydrogen-bond acceptors (Lipinski definition) is 8. The molecule has 4 aromatic rings. The highest BCUT2D eigenvalue weighted by Crippen LogP contribution is 2.39. The van der Waals surface area contributed by atoms with Crippen LogP contribution in [0.1, 0.15) is 129 Å². The van der Waals surface area contributed by atoms with Gasteiger partial charge < -0.3 is 24.6 Å². The van der Waals surface area contributed by atoms with Crippen LogP contribution in [0.3, 0.4) is 0 Å². The second kappa shape index (κ2) is 29.0. The average Bonchev–Trinajstić information content (AvgIpc) is 3.99. The van der Waals surface area contributed by atoms with E-state index < -0.39 is 0 Å². The summed E-state index contributed by atoms with van der Waals surface area (Å²) in [7, 11) is 3.75. The van der Waals surface area contributed by atoms with Crippen LogP contribution in [0.2, 0.25) is 0 Å². The molecule has 3 aliphatic rings. The fourth-order valence-corrected chi connectivity index (χ4v) is 10.3. The van der Waals surface area contributed by atoms with Gasteiger partial charge in [0.2, 0.25) is 5.91 Å². The van der Waals surface area contributed by atoms with Gasteiger partial charge in [0.1, 0.15) is 17.8 Å². The van der Waals surface area contributed by atoms with Crippen LogP contribution in [0.5, 0.6) is 11.5 Å². The predicted octanol–water partition coefficient (Wildman–Crippen LogP) is 13.1. The fraction of sp³-hybridized carbons (Fsp3) is 0.452. The molecule has 7 rings (SSSR count). The number of rotatable bonds is 22. The number of amides is 2. The Morgan fingerprint density at radius 1 is 0.944 bits per heavy atom. The lowest BCUT2D eigenvalue weighted by atomic mass is 9.74. The summed E-state index contributed by atoms with van der Waals surface area (Å²) in [6.45, 7) is 22.5. The van der Waals surface area contributed by atoms with Gasteiger partial charge in [-0.25, -0.2) is 0 Å². The van der Waals surface area contributed by atoms with Crippen LogP contribution in [-0.4, -0.2) is 70.5 Å². The molecule has 0 saturated carbocycles. The smallest absolute Gasteiger partial charge is 0.260 e. The van der Waals surface area contributed by atoms with Crippen LogP contribution < -0.4 is 24.6 Å². The van der Waals surface area contributed by atoms with E-state index >= 15 is 0 Å². The summed E-state index contributed by atoms with van der Waals surface area (Å²) in [5, 5.41) is 2.87. The van der Waals surface area contributed by atoms with Crippen LogP contribution in [0.4, 0.5) is 11.4 Å². The van der Waals surface area contributed by atoms with Gasteiger partial charge >= 0.3 is 0 Å². The van der Waals surface area contributed by atoms with Gasteiger partial charge in [0, 0.05) is 49.2 Å². The van der Waals surface area contributed by atoms with Gasteiger partial charge in [0.25, 0.3) is 5.91 Å². The Hall–Kier alpha value is -5.87. The Balaban J connectivity index is 0.000000286. The number of unbranched alkanes of at least 4 members (excludes halogenated alkanes) is 2. The second-order valence-corrected chi connectivity index (χ2v) is 20.0. The highest BCUT2D eigenvalue weighted by atomic mass is 32.1. The van der Waals surface area contributed by atoms with E-state index in [1.54, 1.807) is 7.11 Å². The van der Waals surface area contributed by atoms with Crippen molar-refractivity contribution >= 4 is 48.8 Å². The van der Waals surface area contributed by atoms with Crippen molar-refractivity contribution in [2.75, 3.05) is 49.4 Å². The van der Waals surface area contributed by atoms with E-state index in [9.17, 15) is 14.4 Å². The lowest BCUT2D eigenvalue weighted by Crippen LogP contribution is -2.33. The van der Waals surface area contributed by atoms with Crippen molar-refractivity contribution in [1.82, 2.24) is 5.32 Å². The SMILES string of the molecule is C=CC1Cc2ccccc2N1C.C=NC1=CC(C(CC)Cc2cc(CCCC)cc(OCCCCC(=O)NCCS)c2)C(C)C=C1C(=O)N1CCc2ccccc21.CCC(C)c1cc(C)c(OC)cc1C=O. The Morgan fingerprint density at radius 2 is 1.67 bits per heavy atom. The molecule has 1 N–H and O–H groups in total. The molecule has 72 heavy (non-hydrogen) atoms. The van der Waals surface area contributed by atoms with Crippen molar-refractivity contribution in [3.8, 4) is 11.5 Å². The van der Waals surface area contributed by atoms with E-state index in [1.807, 2.05) is 42.2 Å². The van der Waals surface area contributed by atoms with Crippen molar-refractivity contribution in [1.29, 1.82) is 0 Å². The standard InChI is InChI=1S/C38H51N3O3S.C13H18O2.C11H13N/c1-5-7-12-28-22-29(25-32(24-28)44-19-11-10-15-37(42)40-17-20-45)23-30(6-2)33-26-35(39-4)34(21-27(33)3)38(43)41-18-16-31-13-8-9-14-36(31)41;1-5-9(2)12-6-10(3)13(15-4)7-11(12)8-14;1-3-10-8-9-6-4-5-7-11(9)12(10)2/h8-9,13-14,21-22,24-27,30,33,45H,4-7,10-12,15-20,23H2,1-3H3,(H,40,42);6-9H,5H2,1-4H3;3-7,10H,1,8H2,2H3. The zero-order chi connectivity index (χ0) is 52.2. The first-order chi connectivity index (χ1) is 34.8. The number of carbonyl (C=O) groups excluding carboxylic acids is 3. The molecule has 0 bridgehead atoms. The number of thiol groups is 1. The number of likely N-dealkylation sites (N-methyl/N-ethyl adjacent to an activating group) is 1. The third-order valence-corrected chi connectivity index (χ3v) is 14.8. The van der Waals surface area contributed by atoms with E-state index in [0.717, 1.165) is 104 Å². The Bertz CT molecular complexity index is 2510. The van der Waals surface area contributed by atoms with Gasteiger partial charge in [-0.05, 0) is 152 Å². The van der Waals surface area contributed by atoms with Gasteiger partial charge in [-0.3, -0.25) is 19.4 Å². The molecule has 1 aliphatic carbocycles. The number of aldehydes is 1. The number of nitrogens with zero attached hydrogens (tertiary/aromatic N) is 3. The van der Waals surface area contributed by atoms with E-state index in [0.29, 0.717) is 61.0 Å². The summed E-state index contributed by atoms with van der Waals surface area (Å²) in [5.74, 6) is 3.66. The monoisotopic (exact) mass is 995 g/mol. The normalized spacial score (nSPS) is 17.3. The first-order valence-corrected chi connectivity index (χ1v) is 27.0. The van der Waals surface area contributed by atoms with Crippen LogP contribution >= 0.6 is 12.6 Å². The molecule has 386 valence electrons. The molecular weight excluding hydrogens is 913 g/mol. The number of carbonyl (C=O) groups is 3. The molecule has 4 aromatic carbocycles. The summed E-state index contributed by atoms with van der Waals surface area (Å²) in [6, 6.07) is 27.8. The van der Waals surface area contributed by atoms with Crippen LogP contribution in [0, 0.1) is 24.7 Å². The molecule has 2 aliphatic heterocycles. The van der Waals surface area contributed by atoms with Gasteiger partial charge in [-0.2, -0.15) is 12.6 Å². The number of anilines is 2. The lowest BCUT2D eigenvalue weighted by molar-refractivity contribution is -0.121. The minimum atomic E-state index is 0.0145. The first kappa shape index (κ1) is 57.0. The molecule has 5 unspecified atom stereocenters. The lowest BCUT2D eigenvalue weighted by Gasteiger charge is -2.32. The quantitative estimate of drug-likeness (QED) is 0.0267. The van der Waals surface area contributed by atoms with Gasteiger partial charge in [-0.15, -0.1) is 6.58 Å². The molecule has 0 fully saturated rings. The average molecular weight is 995 g/mol. The van der Waals surface area contributed by atoms with Crippen molar-refractivity contribution in [3.63, 3.8) is 0 Å². The zero-order valence-electron chi connectivity index (χ0n) is 44.6. The Kier molecular flexibility index (Phi) is 23.0. The Labute approximate surface area is 437 Å². The molecule has 0 spiro atoms. The highest BCUT2D eigenvalue weighted by Gasteiger charge is 2.34. The number of methoxy groups -OCH3 is 1. The van der Waals surface area contributed by atoms with Crippen molar-refractivity contribution in [2.24, 2.45) is 22.7 Å². The maximum atomic E-state index is 13.8. The topological polar surface area (TPSA) is 101 Å². The van der Waals surface area contributed by atoms with Gasteiger partial charge in [0.05, 0.1) is 31.0 Å². The van der Waals surface area contributed by atoms with E-state index in [1.165, 1.54) is 27.9 Å². The number of para-hydroxylation sites is 2. The molecule has 0 saturated heterocycles. The second-order valence-electron chi connectivity index (χ2n) is 19.5. The minimum Gasteiger partial charge on any atom is -0.496 e. The summed E-state index contributed by atoms with van der Waals surface area (Å²) in [5.41, 5.74) is 11.9. The van der Waals surface area contributed by atoms with Gasteiger partial charge in [0.15, 0.2) is 0 Å². The Morgan fingerprint density at radius 3 is 2.32 bits per heavy atom. The maximum Gasteiger partial charge on any atom is 0.260 e. The first-order valence-electron chi connectivity index (χ1n) is 26.3. The van der Waals surface area contributed by atoms with Crippen LogP contribution in [0.15, 0.2) is 120 Å². The summed E-state index contributed by atoms with van der Waals surface area (Å²) < 4.78 is 11.4. The molecule has 0 radical (unpaired) electrons. The molecular formula is C62H82N4O5S. The van der Waals surface area contributed by atoms with Crippen LogP contribution in [0.25, 0.3) is 0 Å². The van der Waals surface area contributed by atoms with E-state index in [-0.39, 0.29) is 23.7 Å². The summed E-state index contributed by atoms with van der Waals surface area (Å²) in [6.07, 6.45) is 17.7. The fourth-order valence-electron chi connectivity index (χ4n) is 10.1. The number of ether oxygens (including phenoxy) is 2. The number of nitrogens with one attached hydrogen (secondary N) is 1. The number of hydrogen-bond donors (Lipinski definition) is 2. The number of aliphatic imine (C=N–C) groups is 1. The van der Waals surface area contributed by atoms with Crippen molar-refractivity contribution in [3.05, 3.63) is 154 Å². The molecule has 10 heteroatoms. The predicted molar refractivity (Wildman–Crippen MR) is 304 cm³/mol. The molecule has 9 nitrogen and oxygen atoms in total. The minimum absolute atomic E-state index is 0.0145. The van der Waals surface area contributed by atoms with Crippen molar-refractivity contribution in [2.45, 2.75) is 124 Å². The number of allylic oxidation sites excluding steroid dienone is 2. The molecule has 2 amide bonds. The van der Waals surface area contributed by atoms with Crippen LogP contribution in [-0.2, 0) is 35.3 Å². The van der Waals surface area contributed by atoms with Gasteiger partial charge in [-0.1, -0.05) is 114 Å². The third-order valence-electron chi connectivity index (χ3n) is 14.5. The molecule has 2 heterocycles. The van der Waals surface area contributed by atoms with Crippen molar-refractivity contribution < 1.29 is 23.9 Å². The van der Waals surface area contributed by atoms with E-state index in [2.05, 4.69) is 150 Å². The maximum absolute atomic E-state index is 13.8. The summed E-state index contributed by atoms with van der Waals surface area (Å²) >= 11 is 4.14. The molecule has 0 aromatic heterocycles. The van der Waals surface area contributed by atoms with E-state index in [4.69, 9.17) is 9.47 Å². The molecule has 5 atom stereocenters. The highest BCUT2D eigenvalue weighted by molar-refractivity contribution is 7.80. The number of aryl methyl sites for hydroxylation is 2. The third kappa shape index (κ3) is 15.3. The number of fused-ring (bicyclic) bond motifs is 2. The zero-order valence-corrected chi connectivity index (χ0v) is 45.4. The summed E-state index contributed by atoms with van der Waals surface area (Å²) in [4.78, 5) is 45.2. The number of benzene rings is 4. The largest absolute Gasteiger partial charge is 0.496 e.